The first-order valence-electron chi connectivity index (χ1n) is 11.0. The number of amides is 2. The van der Waals surface area contributed by atoms with Gasteiger partial charge in [0.15, 0.2) is 5.69 Å². The molecular weight excluding hydrogens is 441 g/mol. The molecule has 1 aliphatic heterocycles. The number of benzene rings is 1. The topological polar surface area (TPSA) is 101 Å². The van der Waals surface area contributed by atoms with Gasteiger partial charge in [0.05, 0.1) is 6.07 Å². The summed E-state index contributed by atoms with van der Waals surface area (Å²) in [7, 11) is 3.19. The number of carbonyl (C=O) groups is 2. The quantitative estimate of drug-likeness (QED) is 0.597. The molecule has 0 bridgehead atoms. The molecule has 34 heavy (non-hydrogen) atoms. The average Bonchev–Trinajstić information content (AvgIpc) is 3.17. The van der Waals surface area contributed by atoms with E-state index in [-0.39, 0.29) is 23.4 Å². The van der Waals surface area contributed by atoms with Crippen LogP contribution in [-0.2, 0) is 0 Å². The third-order valence-electron chi connectivity index (χ3n) is 6.41. The minimum absolute atomic E-state index is 0.0731. The number of hydrogen-bond donors (Lipinski definition) is 1. The number of pyridine rings is 1. The Hall–Kier alpha value is -3.95. The largest absolute Gasteiger partial charge is 0.415 e. The van der Waals surface area contributed by atoms with Gasteiger partial charge in [0.25, 0.3) is 5.91 Å². The molecule has 2 amide bonds. The minimum Gasteiger partial charge on any atom is -0.374 e. The molecule has 0 radical (unpaired) electrons. The summed E-state index contributed by atoms with van der Waals surface area (Å²) in [5.41, 5.74) is 1.94. The highest BCUT2D eigenvalue weighted by Gasteiger charge is 2.55. The van der Waals surface area contributed by atoms with Gasteiger partial charge in [0.1, 0.15) is 11.6 Å². The summed E-state index contributed by atoms with van der Waals surface area (Å²) in [5, 5.41) is 6.37. The molecule has 9 nitrogen and oxygen atoms in total. The SMILES string of the molecule is CN(C)C(=O)c1cc(OC(=O)NCC2C3CN(c4ccc(-c5ccc(F)cc5)cn4)CC23)on1. The average molecular weight is 465 g/mol. The number of piperidine rings is 1. The molecule has 1 saturated carbocycles. The van der Waals surface area contributed by atoms with Crippen molar-refractivity contribution in [2.45, 2.75) is 0 Å². The fraction of sp³-hybridized carbons (Fsp3) is 0.333. The molecule has 1 N–H and O–H groups in total. The van der Waals surface area contributed by atoms with Gasteiger partial charge >= 0.3 is 12.0 Å². The van der Waals surface area contributed by atoms with Crippen molar-refractivity contribution >= 4 is 17.8 Å². The zero-order valence-corrected chi connectivity index (χ0v) is 18.8. The number of nitrogens with zero attached hydrogens (tertiary/aromatic N) is 4. The Morgan fingerprint density at radius 2 is 1.85 bits per heavy atom. The first-order chi connectivity index (χ1) is 16.4. The van der Waals surface area contributed by atoms with Crippen LogP contribution in [0.2, 0.25) is 0 Å². The number of fused-ring (bicyclic) bond motifs is 1. The Labute approximate surface area is 195 Å². The summed E-state index contributed by atoms with van der Waals surface area (Å²) in [5.74, 6) is 1.57. The summed E-state index contributed by atoms with van der Waals surface area (Å²) in [6.07, 6.45) is 1.17. The lowest BCUT2D eigenvalue weighted by Gasteiger charge is -2.21. The van der Waals surface area contributed by atoms with E-state index in [1.54, 1.807) is 26.2 Å². The second kappa shape index (κ2) is 8.77. The molecule has 10 heteroatoms. The van der Waals surface area contributed by atoms with E-state index < -0.39 is 6.09 Å². The van der Waals surface area contributed by atoms with Crippen LogP contribution < -0.4 is 15.0 Å². The number of carbonyl (C=O) groups excluding carboxylic acids is 2. The lowest BCUT2D eigenvalue weighted by molar-refractivity contribution is 0.0817. The summed E-state index contributed by atoms with van der Waals surface area (Å²) in [6.45, 7) is 2.27. The Morgan fingerprint density at radius 3 is 2.50 bits per heavy atom. The van der Waals surface area contributed by atoms with Crippen molar-refractivity contribution in [3.8, 4) is 17.1 Å². The van der Waals surface area contributed by atoms with Crippen LogP contribution >= 0.6 is 0 Å². The number of hydrogen-bond acceptors (Lipinski definition) is 7. The molecule has 2 unspecified atom stereocenters. The van der Waals surface area contributed by atoms with Crippen molar-refractivity contribution in [2.75, 3.05) is 38.6 Å². The second-order valence-electron chi connectivity index (χ2n) is 8.81. The zero-order chi connectivity index (χ0) is 23.8. The molecule has 176 valence electrons. The first-order valence-corrected chi connectivity index (χ1v) is 11.0. The second-order valence-corrected chi connectivity index (χ2v) is 8.81. The monoisotopic (exact) mass is 465 g/mol. The number of ether oxygens (including phenoxy) is 1. The molecule has 1 saturated heterocycles. The molecule has 2 aromatic heterocycles. The molecule has 2 atom stereocenters. The minimum atomic E-state index is -0.639. The molecule has 3 heterocycles. The standard InChI is InChI=1S/C24H24FN5O4/c1-29(2)23(31)20-9-22(34-28-20)33-24(32)27-11-17-18-12-30(13-19(17)18)21-8-5-15(10-26-21)14-3-6-16(25)7-4-14/h3-10,17-19H,11-13H2,1-2H3,(H,27,32). The van der Waals surface area contributed by atoms with Gasteiger partial charge in [0, 0.05) is 45.5 Å². The predicted octanol–water partition coefficient (Wildman–Crippen LogP) is 3.05. The highest BCUT2D eigenvalue weighted by Crippen LogP contribution is 2.52. The molecule has 2 aliphatic rings. The normalized spacial score (nSPS) is 20.6. The van der Waals surface area contributed by atoms with Gasteiger partial charge in [-0.25, -0.2) is 14.2 Å². The van der Waals surface area contributed by atoms with E-state index >= 15 is 0 Å². The predicted molar refractivity (Wildman–Crippen MR) is 121 cm³/mol. The number of rotatable bonds is 6. The summed E-state index contributed by atoms with van der Waals surface area (Å²) < 4.78 is 23.1. The van der Waals surface area contributed by atoms with E-state index in [1.807, 2.05) is 18.3 Å². The number of anilines is 1. The van der Waals surface area contributed by atoms with Crippen LogP contribution in [0.3, 0.4) is 0 Å². The Morgan fingerprint density at radius 1 is 1.15 bits per heavy atom. The lowest BCUT2D eigenvalue weighted by atomic mass is 10.1. The highest BCUT2D eigenvalue weighted by atomic mass is 19.1. The smallest absolute Gasteiger partial charge is 0.374 e. The summed E-state index contributed by atoms with van der Waals surface area (Å²) in [6, 6.07) is 11.6. The molecule has 0 spiro atoms. The number of nitrogens with one attached hydrogen (secondary N) is 1. The zero-order valence-electron chi connectivity index (χ0n) is 18.8. The maximum Gasteiger partial charge on any atom is 0.415 e. The molecule has 1 aromatic carbocycles. The maximum absolute atomic E-state index is 13.1. The summed E-state index contributed by atoms with van der Waals surface area (Å²) in [4.78, 5) is 32.1. The van der Waals surface area contributed by atoms with Crippen molar-refractivity contribution in [3.63, 3.8) is 0 Å². The Balaban J connectivity index is 1.08. The lowest BCUT2D eigenvalue weighted by Crippen LogP contribution is -2.32. The van der Waals surface area contributed by atoms with Gasteiger partial charge in [-0.15, -0.1) is 0 Å². The van der Waals surface area contributed by atoms with Crippen LogP contribution in [0, 0.1) is 23.6 Å². The molecule has 5 rings (SSSR count). The van der Waals surface area contributed by atoms with E-state index in [9.17, 15) is 14.0 Å². The molecule has 1 aliphatic carbocycles. The fourth-order valence-corrected chi connectivity index (χ4v) is 4.49. The molecule has 3 aromatic rings. The van der Waals surface area contributed by atoms with Gasteiger partial charge in [-0.2, -0.15) is 0 Å². The van der Waals surface area contributed by atoms with Crippen LogP contribution in [0.1, 0.15) is 10.5 Å². The van der Waals surface area contributed by atoms with Gasteiger partial charge in [-0.1, -0.05) is 17.3 Å². The van der Waals surface area contributed by atoms with Gasteiger partial charge in [0.2, 0.25) is 0 Å². The van der Waals surface area contributed by atoms with E-state index in [4.69, 9.17) is 9.26 Å². The van der Waals surface area contributed by atoms with Gasteiger partial charge in [-0.05, 0) is 47.6 Å². The van der Waals surface area contributed by atoms with Crippen LogP contribution in [0.5, 0.6) is 5.95 Å². The third kappa shape index (κ3) is 4.43. The van der Waals surface area contributed by atoms with Crippen LogP contribution in [0.4, 0.5) is 15.0 Å². The van der Waals surface area contributed by atoms with E-state index in [0.717, 1.165) is 30.0 Å². The third-order valence-corrected chi connectivity index (χ3v) is 6.41. The van der Waals surface area contributed by atoms with Gasteiger partial charge in [-0.3, -0.25) is 4.79 Å². The van der Waals surface area contributed by atoms with Crippen molar-refractivity contribution in [3.05, 3.63) is 60.2 Å². The van der Waals surface area contributed by atoms with Crippen molar-refractivity contribution < 1.29 is 23.2 Å². The maximum atomic E-state index is 13.1. The van der Waals surface area contributed by atoms with Crippen LogP contribution in [0.15, 0.2) is 53.2 Å². The van der Waals surface area contributed by atoms with Crippen LogP contribution in [0.25, 0.3) is 11.1 Å². The highest BCUT2D eigenvalue weighted by molar-refractivity contribution is 5.92. The Kier molecular flexibility index (Phi) is 5.64. The van der Waals surface area contributed by atoms with Gasteiger partial charge < -0.3 is 24.4 Å². The molecular formula is C24H24FN5O4. The summed E-state index contributed by atoms with van der Waals surface area (Å²) >= 11 is 0. The number of halogens is 1. The first kappa shape index (κ1) is 21.9. The van der Waals surface area contributed by atoms with Crippen molar-refractivity contribution in [1.82, 2.24) is 20.4 Å². The van der Waals surface area contributed by atoms with E-state index in [0.29, 0.717) is 24.3 Å². The Bertz CT molecular complexity index is 1180. The number of aromatic nitrogens is 2. The fourth-order valence-electron chi connectivity index (χ4n) is 4.49. The van der Waals surface area contributed by atoms with Crippen molar-refractivity contribution in [2.24, 2.45) is 17.8 Å². The molecule has 2 fully saturated rings. The van der Waals surface area contributed by atoms with Crippen molar-refractivity contribution in [1.29, 1.82) is 0 Å². The van der Waals surface area contributed by atoms with E-state index in [2.05, 4.69) is 20.4 Å². The van der Waals surface area contributed by atoms with E-state index in [1.165, 1.54) is 23.1 Å². The van der Waals surface area contributed by atoms with Crippen LogP contribution in [-0.4, -0.2) is 60.8 Å².